The highest BCUT2D eigenvalue weighted by atomic mass is 19.1. The first-order valence-corrected chi connectivity index (χ1v) is 9.46. The number of ether oxygens (including phenoxy) is 1. The molecule has 1 saturated heterocycles. The predicted molar refractivity (Wildman–Crippen MR) is 104 cm³/mol. The molecule has 0 unspecified atom stereocenters. The van der Waals surface area contributed by atoms with Gasteiger partial charge < -0.3 is 14.6 Å². The molecule has 1 aliphatic rings. The second kappa shape index (κ2) is 8.04. The number of carbonyl (C=O) groups is 1. The molecule has 3 heterocycles. The summed E-state index contributed by atoms with van der Waals surface area (Å²) in [5.41, 5.74) is 1.20. The SMILES string of the molecule is CC(C)n1cc([C@@H]2OCC[C@H]2NC(=O)Nc2cc(-c3ccccc3F)on2)cn1. The number of urea groups is 1. The summed E-state index contributed by atoms with van der Waals surface area (Å²) in [6.07, 6.45) is 4.12. The average molecular weight is 399 g/mol. The molecule has 2 N–H and O–H groups in total. The lowest BCUT2D eigenvalue weighted by atomic mass is 10.1. The zero-order valence-electron chi connectivity index (χ0n) is 16.1. The van der Waals surface area contributed by atoms with E-state index in [1.54, 1.807) is 24.4 Å². The number of hydrogen-bond donors (Lipinski definition) is 2. The van der Waals surface area contributed by atoms with E-state index < -0.39 is 11.8 Å². The molecule has 152 valence electrons. The highest BCUT2D eigenvalue weighted by Gasteiger charge is 2.32. The first kappa shape index (κ1) is 19.1. The summed E-state index contributed by atoms with van der Waals surface area (Å²) in [6, 6.07) is 7.29. The fraction of sp³-hybridized carbons (Fsp3) is 0.350. The molecular weight excluding hydrogens is 377 g/mol. The summed E-state index contributed by atoms with van der Waals surface area (Å²) in [6.45, 7) is 4.63. The maximum Gasteiger partial charge on any atom is 0.320 e. The molecular formula is C20H22FN5O3. The minimum Gasteiger partial charge on any atom is -0.371 e. The molecule has 1 aliphatic heterocycles. The third-order valence-corrected chi connectivity index (χ3v) is 4.78. The number of aromatic nitrogens is 3. The maximum absolute atomic E-state index is 13.9. The molecule has 2 atom stereocenters. The lowest BCUT2D eigenvalue weighted by Crippen LogP contribution is -2.39. The van der Waals surface area contributed by atoms with Crippen molar-refractivity contribution in [1.82, 2.24) is 20.3 Å². The molecule has 0 aliphatic carbocycles. The largest absolute Gasteiger partial charge is 0.371 e. The molecule has 0 spiro atoms. The summed E-state index contributed by atoms with van der Waals surface area (Å²) in [5, 5.41) is 13.7. The van der Waals surface area contributed by atoms with Crippen LogP contribution in [0.25, 0.3) is 11.3 Å². The van der Waals surface area contributed by atoms with Crippen molar-refractivity contribution < 1.29 is 18.4 Å². The van der Waals surface area contributed by atoms with Crippen LogP contribution in [-0.2, 0) is 4.74 Å². The molecule has 0 saturated carbocycles. The number of nitrogens with zero attached hydrogens (tertiary/aromatic N) is 3. The van der Waals surface area contributed by atoms with Gasteiger partial charge in [-0.3, -0.25) is 10.00 Å². The van der Waals surface area contributed by atoms with Gasteiger partial charge in [0.25, 0.3) is 0 Å². The molecule has 3 aromatic rings. The van der Waals surface area contributed by atoms with Crippen LogP contribution in [-0.4, -0.2) is 33.6 Å². The van der Waals surface area contributed by atoms with Gasteiger partial charge in [0.2, 0.25) is 0 Å². The van der Waals surface area contributed by atoms with Crippen LogP contribution in [0.4, 0.5) is 15.0 Å². The number of hydrogen-bond acceptors (Lipinski definition) is 5. The molecule has 8 nitrogen and oxygen atoms in total. The first-order chi connectivity index (χ1) is 14.0. The molecule has 0 radical (unpaired) electrons. The topological polar surface area (TPSA) is 94.2 Å². The van der Waals surface area contributed by atoms with Gasteiger partial charge in [0.15, 0.2) is 11.6 Å². The number of amides is 2. The smallest absolute Gasteiger partial charge is 0.320 e. The Kier molecular flexibility index (Phi) is 5.30. The van der Waals surface area contributed by atoms with E-state index in [2.05, 4.69) is 20.9 Å². The van der Waals surface area contributed by atoms with Gasteiger partial charge in [0, 0.05) is 30.5 Å². The highest BCUT2D eigenvalue weighted by Crippen LogP contribution is 2.30. The Morgan fingerprint density at radius 1 is 1.34 bits per heavy atom. The fourth-order valence-electron chi connectivity index (χ4n) is 3.29. The molecule has 1 fully saturated rings. The Labute approximate surface area is 167 Å². The van der Waals surface area contributed by atoms with E-state index in [1.165, 1.54) is 12.1 Å². The predicted octanol–water partition coefficient (Wildman–Crippen LogP) is 3.91. The van der Waals surface area contributed by atoms with E-state index in [4.69, 9.17) is 9.26 Å². The summed E-state index contributed by atoms with van der Waals surface area (Å²) in [4.78, 5) is 12.4. The zero-order chi connectivity index (χ0) is 20.4. The number of nitrogens with one attached hydrogen (secondary N) is 2. The van der Waals surface area contributed by atoms with E-state index in [9.17, 15) is 9.18 Å². The quantitative estimate of drug-likeness (QED) is 0.678. The molecule has 2 amide bonds. The number of carbonyl (C=O) groups excluding carboxylic acids is 1. The number of rotatable bonds is 5. The van der Waals surface area contributed by atoms with Gasteiger partial charge in [-0.1, -0.05) is 17.3 Å². The van der Waals surface area contributed by atoms with Crippen LogP contribution in [0.15, 0.2) is 47.2 Å². The fourth-order valence-corrected chi connectivity index (χ4v) is 3.29. The van der Waals surface area contributed by atoms with Crippen molar-refractivity contribution in [3.05, 3.63) is 54.1 Å². The van der Waals surface area contributed by atoms with Crippen LogP contribution < -0.4 is 10.6 Å². The molecule has 9 heteroatoms. The summed E-state index contributed by atoms with van der Waals surface area (Å²) in [5.74, 6) is 0.0120. The Bertz CT molecular complexity index is 999. The van der Waals surface area contributed by atoms with Gasteiger partial charge in [-0.25, -0.2) is 9.18 Å². The van der Waals surface area contributed by atoms with Crippen LogP contribution in [0.2, 0.25) is 0 Å². The van der Waals surface area contributed by atoms with Gasteiger partial charge in [0.05, 0.1) is 17.8 Å². The van der Waals surface area contributed by atoms with Crippen molar-refractivity contribution in [3.63, 3.8) is 0 Å². The van der Waals surface area contributed by atoms with Crippen molar-refractivity contribution in [2.24, 2.45) is 0 Å². The number of anilines is 1. The van der Waals surface area contributed by atoms with Gasteiger partial charge >= 0.3 is 6.03 Å². The van der Waals surface area contributed by atoms with Gasteiger partial charge in [-0.2, -0.15) is 5.10 Å². The second-order valence-corrected chi connectivity index (χ2v) is 7.19. The van der Waals surface area contributed by atoms with E-state index in [0.717, 1.165) is 5.56 Å². The molecule has 0 bridgehead atoms. The van der Waals surface area contributed by atoms with Gasteiger partial charge in [0.1, 0.15) is 11.9 Å². The molecule has 1 aromatic carbocycles. The Balaban J connectivity index is 1.40. The van der Waals surface area contributed by atoms with Crippen LogP contribution in [0, 0.1) is 5.82 Å². The number of halogens is 1. The van der Waals surface area contributed by atoms with Crippen molar-refractivity contribution in [3.8, 4) is 11.3 Å². The third kappa shape index (κ3) is 4.14. The third-order valence-electron chi connectivity index (χ3n) is 4.78. The Hall–Kier alpha value is -3.20. The van der Waals surface area contributed by atoms with Crippen molar-refractivity contribution in [1.29, 1.82) is 0 Å². The summed E-state index contributed by atoms with van der Waals surface area (Å²) in [7, 11) is 0. The summed E-state index contributed by atoms with van der Waals surface area (Å²) >= 11 is 0. The normalized spacial score (nSPS) is 18.9. The van der Waals surface area contributed by atoms with Crippen molar-refractivity contribution >= 4 is 11.8 Å². The molecule has 4 rings (SSSR count). The van der Waals surface area contributed by atoms with Crippen LogP contribution in [0.3, 0.4) is 0 Å². The Morgan fingerprint density at radius 3 is 2.93 bits per heavy atom. The van der Waals surface area contributed by atoms with E-state index in [1.807, 2.05) is 24.7 Å². The zero-order valence-corrected chi connectivity index (χ0v) is 16.1. The summed E-state index contributed by atoms with van der Waals surface area (Å²) < 4.78 is 26.7. The van der Waals surface area contributed by atoms with Crippen molar-refractivity contribution in [2.75, 3.05) is 11.9 Å². The molecule has 29 heavy (non-hydrogen) atoms. The van der Waals surface area contributed by atoms with Crippen molar-refractivity contribution in [2.45, 2.75) is 38.5 Å². The lowest BCUT2D eigenvalue weighted by molar-refractivity contribution is 0.100. The van der Waals surface area contributed by atoms with Crippen LogP contribution in [0.5, 0.6) is 0 Å². The monoisotopic (exact) mass is 399 g/mol. The molecule has 2 aromatic heterocycles. The maximum atomic E-state index is 13.9. The first-order valence-electron chi connectivity index (χ1n) is 9.46. The van der Waals surface area contributed by atoms with E-state index in [0.29, 0.717) is 13.0 Å². The van der Waals surface area contributed by atoms with E-state index in [-0.39, 0.29) is 35.3 Å². The minimum atomic E-state index is -0.435. The average Bonchev–Trinajstić information content (AvgIpc) is 3.42. The van der Waals surface area contributed by atoms with Crippen LogP contribution >= 0.6 is 0 Å². The van der Waals surface area contributed by atoms with Crippen LogP contribution in [0.1, 0.15) is 38.0 Å². The van der Waals surface area contributed by atoms with Gasteiger partial charge in [-0.05, 0) is 32.4 Å². The standard InChI is InChI=1S/C20H22FN5O3/c1-12(2)26-11-13(10-22-26)19-16(7-8-28-19)23-20(27)24-18-9-17(29-25-18)14-5-3-4-6-15(14)21/h3-6,9-12,16,19H,7-8H2,1-2H3,(H2,23,24,25,27)/t16-,19+/m1/s1. The Morgan fingerprint density at radius 2 is 2.17 bits per heavy atom. The second-order valence-electron chi connectivity index (χ2n) is 7.19. The minimum absolute atomic E-state index is 0.197. The number of benzene rings is 1. The highest BCUT2D eigenvalue weighted by molar-refractivity contribution is 5.89. The lowest BCUT2D eigenvalue weighted by Gasteiger charge is -2.18. The van der Waals surface area contributed by atoms with E-state index >= 15 is 0 Å². The van der Waals surface area contributed by atoms with Gasteiger partial charge in [-0.15, -0.1) is 0 Å².